The Bertz CT molecular complexity index is 116. The van der Waals surface area contributed by atoms with Crippen molar-refractivity contribution >= 4 is 0 Å². The minimum absolute atomic E-state index is 0.727. The molecule has 0 spiro atoms. The standard InChI is InChI=1S/C8H15N/c1-6(2)8-4-5-9-7(8)3/h6,8-9H,3-5H2,1-2H3/t8-/m1/s1. The van der Waals surface area contributed by atoms with Crippen molar-refractivity contribution in [2.75, 3.05) is 6.54 Å². The summed E-state index contributed by atoms with van der Waals surface area (Å²) in [5.74, 6) is 1.48. The minimum Gasteiger partial charge on any atom is -0.389 e. The Hall–Kier alpha value is -0.460. The SMILES string of the molecule is C=C1NCC[C@@H]1C(C)C. The first-order chi connectivity index (χ1) is 4.22. The first-order valence-corrected chi connectivity index (χ1v) is 3.64. The van der Waals surface area contributed by atoms with Gasteiger partial charge in [0, 0.05) is 18.2 Å². The Morgan fingerprint density at radius 1 is 1.67 bits per heavy atom. The molecule has 0 aliphatic carbocycles. The number of rotatable bonds is 1. The Balaban J connectivity index is 2.49. The van der Waals surface area contributed by atoms with Crippen LogP contribution in [-0.4, -0.2) is 6.54 Å². The Morgan fingerprint density at radius 2 is 2.33 bits per heavy atom. The molecule has 9 heavy (non-hydrogen) atoms. The average molecular weight is 125 g/mol. The molecule has 0 unspecified atom stereocenters. The van der Waals surface area contributed by atoms with Gasteiger partial charge in [-0.05, 0) is 12.3 Å². The smallest absolute Gasteiger partial charge is 0.0150 e. The molecule has 52 valence electrons. The second kappa shape index (κ2) is 2.42. The fourth-order valence-electron chi connectivity index (χ4n) is 1.43. The van der Waals surface area contributed by atoms with Crippen LogP contribution < -0.4 is 5.32 Å². The van der Waals surface area contributed by atoms with Gasteiger partial charge in [0.15, 0.2) is 0 Å². The van der Waals surface area contributed by atoms with Crippen LogP contribution in [0, 0.1) is 11.8 Å². The van der Waals surface area contributed by atoms with Gasteiger partial charge in [0.2, 0.25) is 0 Å². The minimum atomic E-state index is 0.727. The summed E-state index contributed by atoms with van der Waals surface area (Å²) in [6.07, 6.45) is 1.27. The number of nitrogens with one attached hydrogen (secondary N) is 1. The molecule has 1 atom stereocenters. The summed E-state index contributed by atoms with van der Waals surface area (Å²) in [5.41, 5.74) is 1.24. The van der Waals surface area contributed by atoms with Gasteiger partial charge in [0.05, 0.1) is 0 Å². The number of allylic oxidation sites excluding steroid dienone is 1. The summed E-state index contributed by atoms with van der Waals surface area (Å²) in [7, 11) is 0. The maximum Gasteiger partial charge on any atom is 0.0150 e. The van der Waals surface area contributed by atoms with Crippen molar-refractivity contribution in [2.45, 2.75) is 20.3 Å². The Labute approximate surface area is 57.1 Å². The molecule has 1 heterocycles. The fourth-order valence-corrected chi connectivity index (χ4v) is 1.43. The van der Waals surface area contributed by atoms with Crippen LogP contribution in [0.2, 0.25) is 0 Å². The van der Waals surface area contributed by atoms with E-state index in [1.807, 2.05) is 0 Å². The molecule has 1 nitrogen and oxygen atoms in total. The second-order valence-corrected chi connectivity index (χ2v) is 3.09. The molecule has 1 heteroatoms. The second-order valence-electron chi connectivity index (χ2n) is 3.09. The lowest BCUT2D eigenvalue weighted by Crippen LogP contribution is -2.09. The predicted octanol–water partition coefficient (Wildman–Crippen LogP) is 1.77. The van der Waals surface area contributed by atoms with E-state index in [-0.39, 0.29) is 0 Å². The van der Waals surface area contributed by atoms with Gasteiger partial charge in [-0.1, -0.05) is 20.4 Å². The highest BCUT2D eigenvalue weighted by Gasteiger charge is 2.20. The van der Waals surface area contributed by atoms with Crippen molar-refractivity contribution in [1.82, 2.24) is 5.32 Å². The highest BCUT2D eigenvalue weighted by Crippen LogP contribution is 2.24. The molecular formula is C8H15N. The van der Waals surface area contributed by atoms with E-state index >= 15 is 0 Å². The van der Waals surface area contributed by atoms with Gasteiger partial charge in [-0.3, -0.25) is 0 Å². The van der Waals surface area contributed by atoms with Gasteiger partial charge in [-0.2, -0.15) is 0 Å². The van der Waals surface area contributed by atoms with E-state index in [1.165, 1.54) is 12.1 Å². The van der Waals surface area contributed by atoms with Crippen LogP contribution in [0.5, 0.6) is 0 Å². The van der Waals surface area contributed by atoms with E-state index in [4.69, 9.17) is 0 Å². The molecule has 1 fully saturated rings. The molecule has 1 saturated heterocycles. The molecule has 1 aliphatic heterocycles. The van der Waals surface area contributed by atoms with E-state index in [0.29, 0.717) is 0 Å². The van der Waals surface area contributed by atoms with Crippen LogP contribution in [0.1, 0.15) is 20.3 Å². The Morgan fingerprint density at radius 3 is 2.56 bits per heavy atom. The first kappa shape index (κ1) is 6.66. The normalized spacial score (nSPS) is 27.0. The lowest BCUT2D eigenvalue weighted by molar-refractivity contribution is 0.458. The van der Waals surface area contributed by atoms with Crippen molar-refractivity contribution < 1.29 is 0 Å². The zero-order valence-electron chi connectivity index (χ0n) is 6.28. The van der Waals surface area contributed by atoms with Crippen LogP contribution in [0.3, 0.4) is 0 Å². The van der Waals surface area contributed by atoms with Crippen molar-refractivity contribution in [1.29, 1.82) is 0 Å². The lowest BCUT2D eigenvalue weighted by Gasteiger charge is -2.13. The molecule has 0 radical (unpaired) electrons. The van der Waals surface area contributed by atoms with Crippen LogP contribution >= 0.6 is 0 Å². The summed E-state index contributed by atoms with van der Waals surface area (Å²) in [6.45, 7) is 9.58. The van der Waals surface area contributed by atoms with E-state index in [1.54, 1.807) is 0 Å². The largest absolute Gasteiger partial charge is 0.389 e. The number of hydrogen-bond acceptors (Lipinski definition) is 1. The predicted molar refractivity (Wildman–Crippen MR) is 40.1 cm³/mol. The molecule has 1 rings (SSSR count). The summed E-state index contributed by atoms with van der Waals surface area (Å²) in [6, 6.07) is 0. The molecule has 0 bridgehead atoms. The lowest BCUT2D eigenvalue weighted by atomic mass is 9.93. The highest BCUT2D eigenvalue weighted by molar-refractivity contribution is 5.04. The molecule has 0 aromatic heterocycles. The third-order valence-electron chi connectivity index (χ3n) is 2.06. The third kappa shape index (κ3) is 1.26. The highest BCUT2D eigenvalue weighted by atomic mass is 14.9. The van der Waals surface area contributed by atoms with Gasteiger partial charge in [-0.25, -0.2) is 0 Å². The van der Waals surface area contributed by atoms with Gasteiger partial charge >= 0.3 is 0 Å². The van der Waals surface area contributed by atoms with Gasteiger partial charge in [0.1, 0.15) is 0 Å². The van der Waals surface area contributed by atoms with Gasteiger partial charge in [-0.15, -0.1) is 0 Å². The zero-order valence-corrected chi connectivity index (χ0v) is 6.28. The first-order valence-electron chi connectivity index (χ1n) is 3.64. The van der Waals surface area contributed by atoms with Gasteiger partial charge < -0.3 is 5.32 Å². The van der Waals surface area contributed by atoms with E-state index in [9.17, 15) is 0 Å². The molecular weight excluding hydrogens is 110 g/mol. The average Bonchev–Trinajstić information content (AvgIpc) is 2.13. The molecule has 0 aromatic rings. The van der Waals surface area contributed by atoms with Crippen LogP contribution in [0.4, 0.5) is 0 Å². The van der Waals surface area contributed by atoms with Gasteiger partial charge in [0.25, 0.3) is 0 Å². The fraction of sp³-hybridized carbons (Fsp3) is 0.750. The van der Waals surface area contributed by atoms with Crippen molar-refractivity contribution in [3.8, 4) is 0 Å². The summed E-state index contributed by atoms with van der Waals surface area (Å²) >= 11 is 0. The third-order valence-corrected chi connectivity index (χ3v) is 2.06. The van der Waals surface area contributed by atoms with Crippen molar-refractivity contribution in [3.05, 3.63) is 12.3 Å². The Kier molecular flexibility index (Phi) is 1.79. The number of hydrogen-bond donors (Lipinski definition) is 1. The summed E-state index contributed by atoms with van der Waals surface area (Å²) in [5, 5.41) is 3.26. The molecule has 0 saturated carbocycles. The molecule has 1 aliphatic rings. The van der Waals surface area contributed by atoms with Crippen LogP contribution in [0.15, 0.2) is 12.3 Å². The molecule has 0 amide bonds. The summed E-state index contributed by atoms with van der Waals surface area (Å²) in [4.78, 5) is 0. The van der Waals surface area contributed by atoms with E-state index in [2.05, 4.69) is 25.7 Å². The van der Waals surface area contributed by atoms with Crippen molar-refractivity contribution in [2.24, 2.45) is 11.8 Å². The van der Waals surface area contributed by atoms with Crippen molar-refractivity contribution in [3.63, 3.8) is 0 Å². The molecule has 0 aromatic carbocycles. The topological polar surface area (TPSA) is 12.0 Å². The van der Waals surface area contributed by atoms with Crippen LogP contribution in [-0.2, 0) is 0 Å². The maximum atomic E-state index is 3.95. The maximum absolute atomic E-state index is 3.95. The quantitative estimate of drug-likeness (QED) is 0.563. The van der Waals surface area contributed by atoms with E-state index < -0.39 is 0 Å². The monoisotopic (exact) mass is 125 g/mol. The van der Waals surface area contributed by atoms with Crippen LogP contribution in [0.25, 0.3) is 0 Å². The molecule has 1 N–H and O–H groups in total. The van der Waals surface area contributed by atoms with E-state index in [0.717, 1.165) is 18.4 Å². The summed E-state index contributed by atoms with van der Waals surface area (Å²) < 4.78 is 0. The zero-order chi connectivity index (χ0) is 6.85.